The highest BCUT2D eigenvalue weighted by Gasteiger charge is 2.41. The fourth-order valence-corrected chi connectivity index (χ4v) is 23.1. The summed E-state index contributed by atoms with van der Waals surface area (Å²) in [5, 5.41) is 0. The first-order valence-electron chi connectivity index (χ1n) is 47.3. The van der Waals surface area contributed by atoms with Crippen molar-refractivity contribution < 1.29 is 0 Å². The van der Waals surface area contributed by atoms with Gasteiger partial charge in [-0.3, -0.25) is 0 Å². The minimum atomic E-state index is -0.0339. The van der Waals surface area contributed by atoms with Crippen LogP contribution in [0.3, 0.4) is 0 Å². The summed E-state index contributed by atoms with van der Waals surface area (Å²) in [7, 11) is 0. The van der Waals surface area contributed by atoms with Crippen LogP contribution in [0.4, 0.5) is 0 Å². The van der Waals surface area contributed by atoms with Crippen molar-refractivity contribution in [2.24, 2.45) is 0 Å². The molecule has 3 atom stereocenters. The van der Waals surface area contributed by atoms with Crippen molar-refractivity contribution in [2.75, 3.05) is 0 Å². The van der Waals surface area contributed by atoms with Gasteiger partial charge in [0.1, 0.15) is 0 Å². The fraction of sp³-hybridized carbons (Fsp3) is 0.0597. The van der Waals surface area contributed by atoms with Crippen LogP contribution in [0.2, 0.25) is 0 Å². The SMILES string of the molecule is CC1(C)c2ccccc2-c2cc3c(cc21)C(c1cccc(-c2cc(-c4ccccc4)cc(-c4ccccc4)c2)c1)c1ccccc1-3.c1ccc(-c2ccc(-c3cccc(C4c5ccccc5-c5cc(-c6cccc7c6Cc6ccccc6-7)ccc54)c3)cc2)cc1.c1ccc(-c2cccc(C3c4ccc(-c5ccccc5)cc4-c4cc(-c5cccc6c5Cc5ccccc5-6)ccc43)c2)cc1. The molecule has 6 aliphatic carbocycles. The van der Waals surface area contributed by atoms with Crippen LogP contribution in [0.15, 0.2) is 491 Å². The molecular formula is C134H94. The second kappa shape index (κ2) is 33.2. The van der Waals surface area contributed by atoms with Gasteiger partial charge in [0.15, 0.2) is 0 Å². The molecule has 0 nitrogen and oxygen atoms in total. The van der Waals surface area contributed by atoms with E-state index in [0.29, 0.717) is 0 Å². The highest BCUT2D eigenvalue weighted by atomic mass is 14.4. The monoisotopic (exact) mass is 1700 g/mol. The van der Waals surface area contributed by atoms with E-state index in [-0.39, 0.29) is 23.2 Å². The van der Waals surface area contributed by atoms with Gasteiger partial charge in [0.2, 0.25) is 0 Å². The number of fused-ring (bicyclic) bond motifs is 18. The third kappa shape index (κ3) is 14.0. The number of hydrogen-bond donors (Lipinski definition) is 0. The van der Waals surface area contributed by atoms with Gasteiger partial charge < -0.3 is 0 Å². The lowest BCUT2D eigenvalue weighted by atomic mass is 9.80. The lowest BCUT2D eigenvalue weighted by Crippen LogP contribution is -2.15. The maximum absolute atomic E-state index is 2.53. The molecule has 3 unspecified atom stereocenters. The number of rotatable bonds is 12. The second-order valence-corrected chi connectivity index (χ2v) is 37.4. The Morgan fingerprint density at radius 1 is 0.149 bits per heavy atom. The summed E-state index contributed by atoms with van der Waals surface area (Å²) in [6.07, 6.45) is 1.99. The van der Waals surface area contributed by atoms with Crippen LogP contribution in [0.1, 0.15) is 115 Å². The van der Waals surface area contributed by atoms with E-state index in [9.17, 15) is 0 Å². The van der Waals surface area contributed by atoms with E-state index in [1.807, 2.05) is 0 Å². The first kappa shape index (κ1) is 79.8. The maximum atomic E-state index is 2.53. The number of hydrogen-bond acceptors (Lipinski definition) is 0. The Bertz CT molecular complexity index is 8110. The summed E-state index contributed by atoms with van der Waals surface area (Å²) in [5.74, 6) is 0.583. The average Bonchev–Trinajstić information content (AvgIpc) is 1.55. The first-order valence-corrected chi connectivity index (χ1v) is 47.3. The molecule has 0 radical (unpaired) electrons. The topological polar surface area (TPSA) is 0 Å². The third-order valence-corrected chi connectivity index (χ3v) is 29.6. The van der Waals surface area contributed by atoms with E-state index in [4.69, 9.17) is 0 Å². The van der Waals surface area contributed by atoms with Gasteiger partial charge in [-0.25, -0.2) is 0 Å². The van der Waals surface area contributed by atoms with E-state index < -0.39 is 0 Å². The lowest BCUT2D eigenvalue weighted by Gasteiger charge is -2.23. The summed E-state index contributed by atoms with van der Waals surface area (Å²) in [6.45, 7) is 4.76. The zero-order valence-electron chi connectivity index (χ0n) is 74.9. The molecule has 0 aromatic heterocycles. The Balaban J connectivity index is 0.000000108. The van der Waals surface area contributed by atoms with Crippen LogP contribution >= 0.6 is 0 Å². The largest absolute Gasteiger partial charge is 0.0622 e. The minimum Gasteiger partial charge on any atom is -0.0622 e. The maximum Gasteiger partial charge on any atom is 0.0352 e. The predicted octanol–water partition coefficient (Wildman–Crippen LogP) is 35.0. The molecule has 27 rings (SSSR count). The quantitative estimate of drug-likeness (QED) is 0.114. The summed E-state index contributed by atoms with van der Waals surface area (Å²) in [6, 6.07) is 182. The van der Waals surface area contributed by atoms with Gasteiger partial charge in [-0.15, -0.1) is 0 Å². The summed E-state index contributed by atoms with van der Waals surface area (Å²) in [4.78, 5) is 0. The van der Waals surface area contributed by atoms with Gasteiger partial charge in [-0.05, 0) is 306 Å². The van der Waals surface area contributed by atoms with Crippen LogP contribution in [-0.4, -0.2) is 0 Å². The molecular weight excluding hydrogens is 1610 g/mol. The van der Waals surface area contributed by atoms with Crippen LogP contribution < -0.4 is 0 Å². The van der Waals surface area contributed by atoms with Crippen LogP contribution in [0.5, 0.6) is 0 Å². The zero-order chi connectivity index (χ0) is 88.9. The van der Waals surface area contributed by atoms with Gasteiger partial charge in [0, 0.05) is 23.2 Å². The highest BCUT2D eigenvalue weighted by Crippen LogP contribution is 2.58. The molecule has 0 saturated carbocycles. The van der Waals surface area contributed by atoms with Crippen LogP contribution in [0, 0.1) is 0 Å². The molecule has 630 valence electrons. The lowest BCUT2D eigenvalue weighted by molar-refractivity contribution is 0.659. The smallest absolute Gasteiger partial charge is 0.0352 e. The van der Waals surface area contributed by atoms with Gasteiger partial charge in [-0.1, -0.05) is 463 Å². The summed E-state index contributed by atoms with van der Waals surface area (Å²) < 4.78 is 0. The Morgan fingerprint density at radius 3 is 0.881 bits per heavy atom. The minimum absolute atomic E-state index is 0.0339. The predicted molar refractivity (Wildman–Crippen MR) is 561 cm³/mol. The molecule has 0 fully saturated rings. The fourth-order valence-electron chi connectivity index (χ4n) is 23.1. The molecule has 0 heterocycles. The van der Waals surface area contributed by atoms with E-state index in [1.54, 1.807) is 0 Å². The average molecular weight is 1700 g/mol. The summed E-state index contributed by atoms with van der Waals surface area (Å²) >= 11 is 0. The van der Waals surface area contributed by atoms with Gasteiger partial charge in [0.25, 0.3) is 0 Å². The van der Waals surface area contributed by atoms with Gasteiger partial charge in [-0.2, -0.15) is 0 Å². The van der Waals surface area contributed by atoms with Gasteiger partial charge in [0.05, 0.1) is 0 Å². The van der Waals surface area contributed by atoms with Crippen molar-refractivity contribution >= 4 is 0 Å². The Morgan fingerprint density at radius 2 is 0.425 bits per heavy atom. The Hall–Kier alpha value is -16.4. The molecule has 21 aromatic carbocycles. The molecule has 0 amide bonds. The van der Waals surface area contributed by atoms with Crippen LogP contribution in [-0.2, 0) is 18.3 Å². The van der Waals surface area contributed by atoms with Crippen molar-refractivity contribution in [3.05, 3.63) is 575 Å². The Labute approximate surface area is 785 Å². The molecule has 134 heavy (non-hydrogen) atoms. The van der Waals surface area contributed by atoms with E-state index >= 15 is 0 Å². The van der Waals surface area contributed by atoms with E-state index in [2.05, 4.69) is 505 Å². The molecule has 0 saturated heterocycles. The molecule has 0 N–H and O–H groups in total. The van der Waals surface area contributed by atoms with Crippen molar-refractivity contribution in [1.82, 2.24) is 0 Å². The molecule has 0 heteroatoms. The third-order valence-electron chi connectivity index (χ3n) is 29.6. The van der Waals surface area contributed by atoms with Gasteiger partial charge >= 0.3 is 0 Å². The summed E-state index contributed by atoms with van der Waals surface area (Å²) in [5.41, 5.74) is 60.0. The highest BCUT2D eigenvalue weighted by molar-refractivity contribution is 5.95. The van der Waals surface area contributed by atoms with Crippen molar-refractivity contribution in [2.45, 2.75) is 49.9 Å². The molecule has 0 spiro atoms. The van der Waals surface area contributed by atoms with E-state index in [0.717, 1.165) is 12.8 Å². The normalized spacial score (nSPS) is 14.4. The Kier molecular flexibility index (Phi) is 19.8. The van der Waals surface area contributed by atoms with Crippen molar-refractivity contribution in [3.8, 4) is 167 Å². The van der Waals surface area contributed by atoms with Crippen molar-refractivity contribution in [1.29, 1.82) is 0 Å². The molecule has 0 bridgehead atoms. The second-order valence-electron chi connectivity index (χ2n) is 37.4. The molecule has 0 aliphatic heterocycles. The standard InChI is InChI=1S/C46H34.2C44H30/c1-46(2)43-23-12-11-21-38(43)41-28-40-37-20-9-10-22-39(37)45(42(40)29-44(41)46)33-19-13-18-32(24-33)36-26-34(30-14-5-3-6-15-30)25-35(27-36)31-16-7-4-8-17-31;1-3-11-29(12-4-1)31-16-9-17-35(25-31)44-39-23-21-32(30-13-5-2-6-14-30)26-42(39)43-28-34(22-24-40(43)44)37-19-10-20-38-36-18-8-7-15-33(36)27-41(37)38;1-2-10-29(11-3-1)30-20-22-31(23-21-30)32-13-8-14-35(26-32)44-40-17-7-6-16-39(40)43-28-34(24-25-41(43)44)37-18-9-19-38-36-15-5-4-12-33(36)27-42(37)38/h3-29,45H,1-2H3;2*1-26,28,44H,27H2. The number of benzene rings is 21. The van der Waals surface area contributed by atoms with Crippen LogP contribution in [0.25, 0.3) is 167 Å². The van der Waals surface area contributed by atoms with Crippen molar-refractivity contribution in [3.63, 3.8) is 0 Å². The molecule has 21 aromatic rings. The zero-order valence-corrected chi connectivity index (χ0v) is 74.9. The molecule has 6 aliphatic rings. The first-order chi connectivity index (χ1) is 66.2. The van der Waals surface area contributed by atoms with E-state index in [1.165, 1.54) is 250 Å².